The lowest BCUT2D eigenvalue weighted by Gasteiger charge is -2.32. The molecule has 6 N–H and O–H groups in total. The zero-order valence-corrected chi connectivity index (χ0v) is 69.5. The van der Waals surface area contributed by atoms with Gasteiger partial charge in [0.2, 0.25) is 0 Å². The van der Waals surface area contributed by atoms with E-state index in [9.17, 15) is 86.7 Å². The van der Waals surface area contributed by atoms with Crippen molar-refractivity contribution in [2.24, 2.45) is 0 Å². The number of nitrogens with one attached hydrogen (secondary N) is 2. The normalized spacial score (nSPS) is 12.8. The van der Waals surface area contributed by atoms with Crippen molar-refractivity contribution >= 4 is 111 Å². The minimum Gasteiger partial charge on any atom is -0.320 e. The van der Waals surface area contributed by atoms with Crippen LogP contribution in [0, 0.1) is 11.3 Å². The largest absolute Gasteiger partial charge is 0.399 e. The van der Waals surface area contributed by atoms with Crippen molar-refractivity contribution in [3.8, 4) is 6.07 Å². The summed E-state index contributed by atoms with van der Waals surface area (Å²) in [6.45, 7) is 3.36. The molecule has 0 unspecified atom stereocenters. The van der Waals surface area contributed by atoms with Gasteiger partial charge in [0.1, 0.15) is 0 Å². The molecular formula is C77H67Br6F12N9O6P2. The summed E-state index contributed by atoms with van der Waals surface area (Å²) in [5, 5.41) is 39.6. The number of hydrogen-bond acceptors (Lipinski definition) is 9. The van der Waals surface area contributed by atoms with Crippen LogP contribution in [-0.2, 0) is 98.9 Å². The smallest absolute Gasteiger partial charge is 0.320 e. The molecule has 0 radical (unpaired) electrons. The minimum atomic E-state index is -5.84. The number of rotatable bonds is 25. The van der Waals surface area contributed by atoms with Gasteiger partial charge >= 0.3 is 26.5 Å². The van der Waals surface area contributed by atoms with Crippen LogP contribution in [0.15, 0.2) is 227 Å². The van der Waals surface area contributed by atoms with Crippen molar-refractivity contribution < 1.29 is 81.4 Å². The number of halogens is 18. The fourth-order valence-electron chi connectivity index (χ4n) is 12.8. The Hall–Kier alpha value is -7.05. The van der Waals surface area contributed by atoms with Crippen molar-refractivity contribution in [3.63, 3.8) is 0 Å². The first kappa shape index (κ1) is 90.5. The van der Waals surface area contributed by atoms with E-state index in [4.69, 9.17) is 0 Å². The maximum absolute atomic E-state index is 14.5. The van der Waals surface area contributed by atoms with Gasteiger partial charge in [-0.1, -0.05) is 277 Å². The Morgan fingerprint density at radius 2 is 0.580 bits per heavy atom. The molecule has 0 bridgehead atoms. The standard InChI is InChI=1S/C26H22Br2F4N4.C26H21Br2F4N.C24H20Br2F4N4O6P2.CH4/c1-24(29,30)19-10-8-16(12-21(19)27)14-26(23-33-35-36-34-23,18-6-4-3-5-7-18)15-17-9-11-20(22(28)13-17)25(2,31)32;1-24(29,30)20-10-8-17(12-22(20)27)14-26(16-33,19-6-4-3-5-7-19)15-18-9-11-21(23(28)13-18)25(2,31)32;25-19-10-14(6-8-17(19)23(27,28)41(35,36)37)12-22(21-31-33-34-32-21,16-4-2-1-3-5-16)13-15-7-9-18(20(26)11-15)24(29,30)42(38,39)40;/h3-13H,14-15H2,1-2H3,(H,33,34,35,36);3-13H,14-15H2,1-2H3;1-11H,12-13H2,(H2,35,36,37)(H2,38,39,40)(H,31,32,33,34);1H4. The van der Waals surface area contributed by atoms with Gasteiger partial charge in [-0.3, -0.25) is 9.13 Å². The van der Waals surface area contributed by atoms with Gasteiger partial charge in [-0.2, -0.15) is 33.3 Å². The predicted octanol–water partition coefficient (Wildman–Crippen LogP) is 23.0. The summed E-state index contributed by atoms with van der Waals surface area (Å²) in [6.07, 6.45) is 1.21. The lowest BCUT2D eigenvalue weighted by atomic mass is 9.70. The maximum Gasteiger partial charge on any atom is 0.399 e. The molecule has 112 heavy (non-hydrogen) atoms. The van der Waals surface area contributed by atoms with Gasteiger partial charge in [0.25, 0.3) is 23.7 Å². The van der Waals surface area contributed by atoms with E-state index in [0.29, 0.717) is 55.4 Å². The Morgan fingerprint density at radius 3 is 0.777 bits per heavy atom. The number of hydrogen-bond donors (Lipinski definition) is 6. The third-order valence-corrected chi connectivity index (χ3v) is 24.1. The van der Waals surface area contributed by atoms with Crippen LogP contribution in [0.5, 0.6) is 0 Å². The Morgan fingerprint density at radius 1 is 0.357 bits per heavy atom. The molecule has 0 saturated heterocycles. The zero-order valence-electron chi connectivity index (χ0n) is 58.2. The van der Waals surface area contributed by atoms with E-state index in [1.807, 2.05) is 60.7 Å². The highest BCUT2D eigenvalue weighted by atomic mass is 79.9. The first-order valence-electron chi connectivity index (χ1n) is 32.8. The van der Waals surface area contributed by atoms with Crippen LogP contribution in [0.2, 0.25) is 0 Å². The first-order chi connectivity index (χ1) is 51.7. The van der Waals surface area contributed by atoms with Crippen molar-refractivity contribution in [1.29, 1.82) is 5.26 Å². The van der Waals surface area contributed by atoms with Crippen LogP contribution in [-0.4, -0.2) is 60.8 Å². The summed E-state index contributed by atoms with van der Waals surface area (Å²) in [5.74, 6) is -11.5. The van der Waals surface area contributed by atoms with Crippen LogP contribution in [0.25, 0.3) is 0 Å². The highest BCUT2D eigenvalue weighted by Gasteiger charge is 2.53. The monoisotopic (exact) mass is 1980 g/mol. The summed E-state index contributed by atoms with van der Waals surface area (Å²) in [7, 11) is -11.7. The number of nitrogens with zero attached hydrogens (tertiary/aromatic N) is 7. The fraction of sp³-hybridized carbons (Fsp3) is 0.260. The second-order valence-corrected chi connectivity index (χ2v) is 35.0. The lowest BCUT2D eigenvalue weighted by Crippen LogP contribution is -2.35. The molecule has 0 aliphatic heterocycles. The van der Waals surface area contributed by atoms with Crippen molar-refractivity contribution in [2.45, 2.75) is 125 Å². The minimum absolute atomic E-state index is 0. The number of tetrazole rings is 2. The van der Waals surface area contributed by atoms with Crippen LogP contribution < -0.4 is 0 Å². The molecule has 0 fully saturated rings. The predicted molar refractivity (Wildman–Crippen MR) is 420 cm³/mol. The van der Waals surface area contributed by atoms with Crippen molar-refractivity contribution in [2.75, 3.05) is 0 Å². The molecular weight excluding hydrogens is 1920 g/mol. The van der Waals surface area contributed by atoms with Crippen LogP contribution in [0.3, 0.4) is 0 Å². The van der Waals surface area contributed by atoms with Gasteiger partial charge in [0.05, 0.1) is 22.3 Å². The first-order valence-corrected chi connectivity index (χ1v) is 40.8. The molecule has 2 aromatic heterocycles. The van der Waals surface area contributed by atoms with Gasteiger partial charge in [0.15, 0.2) is 11.6 Å². The van der Waals surface area contributed by atoms with E-state index in [0.717, 1.165) is 62.1 Å². The molecule has 0 aliphatic rings. The summed E-state index contributed by atoms with van der Waals surface area (Å²) >= 11 is 19.0. The summed E-state index contributed by atoms with van der Waals surface area (Å²) in [6, 6.07) is 55.3. The third-order valence-electron chi connectivity index (χ3n) is 18.2. The van der Waals surface area contributed by atoms with Crippen LogP contribution >= 0.6 is 111 Å². The number of nitriles is 1. The van der Waals surface area contributed by atoms with Crippen LogP contribution in [0.4, 0.5) is 52.7 Å². The van der Waals surface area contributed by atoms with Gasteiger partial charge in [0, 0.05) is 87.9 Å². The highest BCUT2D eigenvalue weighted by molar-refractivity contribution is 9.11. The second kappa shape index (κ2) is 35.6. The topological polar surface area (TPSA) is 248 Å². The van der Waals surface area contributed by atoms with Gasteiger partial charge in [-0.25, -0.2) is 35.1 Å². The van der Waals surface area contributed by atoms with Gasteiger partial charge in [-0.05, 0) is 125 Å². The van der Waals surface area contributed by atoms with E-state index in [1.165, 1.54) is 48.5 Å². The highest BCUT2D eigenvalue weighted by Crippen LogP contribution is 2.62. The SMILES string of the molecule is C.CC(F)(F)c1ccc(CC(C#N)(Cc2ccc(C(C)(F)F)c(Br)c2)c2ccccc2)cc1Br.CC(F)(F)c1ccc(CC(Cc2ccc(C(C)(F)F)c(Br)c2)(c2ccccc2)c2nn[nH]n2)cc1Br.O=P(O)(O)C(F)(F)c1ccc(CC(Cc2ccc(C(F)(F)P(=O)(O)O)c(Br)c2)(c2ccccc2)c2nn[nH]n2)cc1Br. The fourth-order valence-corrected chi connectivity index (χ4v) is 18.6. The molecule has 0 saturated carbocycles. The average Bonchev–Trinajstić information content (AvgIpc) is 1.40. The molecule has 0 aliphatic carbocycles. The Kier molecular flexibility index (Phi) is 28.8. The Bertz CT molecular complexity index is 5010. The Labute approximate surface area is 686 Å². The quantitative estimate of drug-likeness (QED) is 0.0230. The second-order valence-electron chi connectivity index (χ2n) is 26.6. The molecule has 0 atom stereocenters. The molecule has 0 amide bonds. The molecule has 0 spiro atoms. The van der Waals surface area contributed by atoms with Crippen molar-refractivity contribution in [1.82, 2.24) is 41.2 Å². The number of benzene rings is 9. The molecule has 9 aromatic carbocycles. The number of alkyl halides is 12. The Balaban J connectivity index is 0.000000211. The maximum atomic E-state index is 14.5. The van der Waals surface area contributed by atoms with E-state index < -0.39 is 77.6 Å². The third kappa shape index (κ3) is 21.0. The van der Waals surface area contributed by atoms with E-state index in [2.05, 4.69) is 143 Å². The number of H-pyrrole nitrogens is 2. The molecule has 11 aromatic rings. The van der Waals surface area contributed by atoms with E-state index in [1.54, 1.807) is 78.9 Å². The molecule has 15 nitrogen and oxygen atoms in total. The van der Waals surface area contributed by atoms with Crippen LogP contribution in [0.1, 0.15) is 130 Å². The lowest BCUT2D eigenvalue weighted by molar-refractivity contribution is 0.0160. The summed E-state index contributed by atoms with van der Waals surface area (Å²) < 4.78 is 193. The van der Waals surface area contributed by atoms with Gasteiger partial charge in [-0.15, -0.1) is 20.4 Å². The molecule has 35 heteroatoms. The van der Waals surface area contributed by atoms with E-state index >= 15 is 0 Å². The number of aromatic nitrogens is 8. The van der Waals surface area contributed by atoms with Gasteiger partial charge < -0.3 is 19.6 Å². The zero-order chi connectivity index (χ0) is 81.7. The van der Waals surface area contributed by atoms with Crippen molar-refractivity contribution in [3.05, 3.63) is 322 Å². The van der Waals surface area contributed by atoms with E-state index in [-0.39, 0.29) is 79.1 Å². The average molecular weight is 1980 g/mol. The molecule has 592 valence electrons. The number of aromatic amines is 2. The molecule has 11 rings (SSSR count). The summed E-state index contributed by atoms with van der Waals surface area (Å²) in [4.78, 5) is 36.7. The molecule has 2 heterocycles. The summed E-state index contributed by atoms with van der Waals surface area (Å²) in [5.41, 5.74) is -8.38.